The van der Waals surface area contributed by atoms with E-state index in [4.69, 9.17) is 5.73 Å². The number of aromatic nitrogens is 1. The van der Waals surface area contributed by atoms with Gasteiger partial charge in [0.05, 0.1) is 5.56 Å². The molecule has 2 unspecified atom stereocenters. The molecule has 0 saturated heterocycles. The van der Waals surface area contributed by atoms with E-state index in [2.05, 4.69) is 17.2 Å². The number of nitrogens with zero attached hydrogens (tertiary/aromatic N) is 1. The fourth-order valence-electron chi connectivity index (χ4n) is 2.70. The summed E-state index contributed by atoms with van der Waals surface area (Å²) in [7, 11) is 0. The van der Waals surface area contributed by atoms with Crippen molar-refractivity contribution in [3.8, 4) is 0 Å². The summed E-state index contributed by atoms with van der Waals surface area (Å²) in [6, 6.07) is 3.56. The van der Waals surface area contributed by atoms with Crippen LogP contribution in [0, 0.1) is 0 Å². The third kappa shape index (κ3) is 3.70. The first-order valence-corrected chi connectivity index (χ1v) is 7.36. The van der Waals surface area contributed by atoms with E-state index in [1.54, 1.807) is 12.1 Å². The lowest BCUT2D eigenvalue weighted by molar-refractivity contribution is 0.0696. The van der Waals surface area contributed by atoms with Gasteiger partial charge >= 0.3 is 5.97 Å². The molecule has 20 heavy (non-hydrogen) atoms. The van der Waals surface area contributed by atoms with Crippen molar-refractivity contribution in [2.45, 2.75) is 57.5 Å². The maximum atomic E-state index is 11.2. The smallest absolute Gasteiger partial charge is 0.335 e. The van der Waals surface area contributed by atoms with Crippen LogP contribution in [0.5, 0.6) is 0 Å². The zero-order valence-electron chi connectivity index (χ0n) is 11.9. The molecule has 0 bridgehead atoms. The molecule has 5 heteroatoms. The fraction of sp³-hybridized carbons (Fsp3) is 0.600. The van der Waals surface area contributed by atoms with Crippen LogP contribution in [0.2, 0.25) is 0 Å². The number of aromatic carboxylic acids is 1. The molecular formula is C15H23N3O2. The molecule has 1 aromatic heterocycles. The van der Waals surface area contributed by atoms with Crippen LogP contribution < -0.4 is 11.1 Å². The lowest BCUT2D eigenvalue weighted by Crippen LogP contribution is -2.42. The standard InChI is InChI=1S/C15H23N3O2/c1-2-5-11-8-10(15(19)20)9-14(17-11)18-13-7-4-3-6-12(13)16/h8-9,12-13H,2-7,16H2,1H3,(H,17,18)(H,19,20). The van der Waals surface area contributed by atoms with Crippen LogP contribution in [-0.4, -0.2) is 28.1 Å². The first-order valence-electron chi connectivity index (χ1n) is 7.36. The number of anilines is 1. The number of aryl methyl sites for hydroxylation is 1. The Morgan fingerprint density at radius 1 is 1.45 bits per heavy atom. The van der Waals surface area contributed by atoms with E-state index in [1.807, 2.05) is 0 Å². The van der Waals surface area contributed by atoms with Crippen LogP contribution in [0.25, 0.3) is 0 Å². The van der Waals surface area contributed by atoms with E-state index in [1.165, 1.54) is 6.42 Å². The number of pyridine rings is 1. The molecule has 0 radical (unpaired) electrons. The Balaban J connectivity index is 2.18. The Kier molecular flexibility index (Phi) is 4.95. The van der Waals surface area contributed by atoms with Crippen molar-refractivity contribution in [3.05, 3.63) is 23.4 Å². The van der Waals surface area contributed by atoms with Crippen LogP contribution in [0.3, 0.4) is 0 Å². The molecular weight excluding hydrogens is 254 g/mol. The lowest BCUT2D eigenvalue weighted by atomic mass is 9.91. The number of hydrogen-bond donors (Lipinski definition) is 3. The zero-order chi connectivity index (χ0) is 14.5. The molecule has 1 heterocycles. The van der Waals surface area contributed by atoms with Gasteiger partial charge in [-0.05, 0) is 31.4 Å². The summed E-state index contributed by atoms with van der Waals surface area (Å²) < 4.78 is 0. The molecule has 1 fully saturated rings. The largest absolute Gasteiger partial charge is 0.478 e. The second kappa shape index (κ2) is 6.70. The van der Waals surface area contributed by atoms with Gasteiger partial charge in [-0.1, -0.05) is 26.2 Å². The van der Waals surface area contributed by atoms with Crippen LogP contribution in [0.15, 0.2) is 12.1 Å². The number of nitrogens with two attached hydrogens (primary N) is 1. The highest BCUT2D eigenvalue weighted by Gasteiger charge is 2.22. The predicted molar refractivity (Wildman–Crippen MR) is 79.0 cm³/mol. The Labute approximate surface area is 119 Å². The van der Waals surface area contributed by atoms with Crippen LogP contribution in [-0.2, 0) is 6.42 Å². The van der Waals surface area contributed by atoms with Gasteiger partial charge in [-0.3, -0.25) is 0 Å². The van der Waals surface area contributed by atoms with E-state index >= 15 is 0 Å². The maximum Gasteiger partial charge on any atom is 0.335 e. The van der Waals surface area contributed by atoms with Gasteiger partial charge in [-0.25, -0.2) is 9.78 Å². The molecule has 1 saturated carbocycles. The quantitative estimate of drug-likeness (QED) is 0.769. The van der Waals surface area contributed by atoms with Gasteiger partial charge in [-0.15, -0.1) is 0 Å². The summed E-state index contributed by atoms with van der Waals surface area (Å²) in [5, 5.41) is 12.5. The Morgan fingerprint density at radius 3 is 2.85 bits per heavy atom. The average Bonchev–Trinajstić information content (AvgIpc) is 2.41. The Morgan fingerprint density at radius 2 is 2.20 bits per heavy atom. The summed E-state index contributed by atoms with van der Waals surface area (Å²) >= 11 is 0. The van der Waals surface area contributed by atoms with E-state index in [0.29, 0.717) is 5.82 Å². The van der Waals surface area contributed by atoms with Gasteiger partial charge in [0.1, 0.15) is 5.82 Å². The predicted octanol–water partition coefficient (Wildman–Crippen LogP) is 2.41. The van der Waals surface area contributed by atoms with E-state index < -0.39 is 5.97 Å². The van der Waals surface area contributed by atoms with Gasteiger partial charge in [0.15, 0.2) is 0 Å². The molecule has 110 valence electrons. The Bertz CT molecular complexity index is 476. The second-order valence-electron chi connectivity index (χ2n) is 5.49. The topological polar surface area (TPSA) is 88.2 Å². The number of nitrogens with one attached hydrogen (secondary N) is 1. The third-order valence-corrected chi connectivity index (χ3v) is 3.78. The lowest BCUT2D eigenvalue weighted by Gasteiger charge is -2.29. The highest BCUT2D eigenvalue weighted by atomic mass is 16.4. The minimum Gasteiger partial charge on any atom is -0.478 e. The number of carboxylic acids is 1. The van der Waals surface area contributed by atoms with E-state index in [-0.39, 0.29) is 17.6 Å². The summed E-state index contributed by atoms with van der Waals surface area (Å²) in [5.74, 6) is -0.281. The summed E-state index contributed by atoms with van der Waals surface area (Å²) in [6.07, 6.45) is 6.08. The molecule has 2 atom stereocenters. The van der Waals surface area contributed by atoms with Crippen molar-refractivity contribution in [2.75, 3.05) is 5.32 Å². The van der Waals surface area contributed by atoms with E-state index in [9.17, 15) is 9.90 Å². The molecule has 1 aromatic rings. The highest BCUT2D eigenvalue weighted by Crippen LogP contribution is 2.21. The molecule has 5 nitrogen and oxygen atoms in total. The molecule has 1 aliphatic rings. The molecule has 0 aliphatic heterocycles. The minimum absolute atomic E-state index is 0.119. The molecule has 0 aromatic carbocycles. The van der Waals surface area contributed by atoms with Crippen molar-refractivity contribution in [1.29, 1.82) is 0 Å². The van der Waals surface area contributed by atoms with Gasteiger partial charge in [0.25, 0.3) is 0 Å². The second-order valence-corrected chi connectivity index (χ2v) is 5.49. The summed E-state index contributed by atoms with van der Waals surface area (Å²) in [4.78, 5) is 15.7. The molecule has 2 rings (SSSR count). The van der Waals surface area contributed by atoms with Crippen LogP contribution >= 0.6 is 0 Å². The minimum atomic E-state index is -0.916. The monoisotopic (exact) mass is 277 g/mol. The van der Waals surface area contributed by atoms with Gasteiger partial charge in [0.2, 0.25) is 0 Å². The maximum absolute atomic E-state index is 11.2. The van der Waals surface area contributed by atoms with Gasteiger partial charge < -0.3 is 16.2 Å². The zero-order valence-corrected chi connectivity index (χ0v) is 11.9. The number of hydrogen-bond acceptors (Lipinski definition) is 4. The van der Waals surface area contributed by atoms with Crippen LogP contribution in [0.1, 0.15) is 55.1 Å². The molecule has 4 N–H and O–H groups in total. The summed E-state index contributed by atoms with van der Waals surface area (Å²) in [5.41, 5.74) is 7.22. The van der Waals surface area contributed by atoms with Crippen LogP contribution in [0.4, 0.5) is 5.82 Å². The first-order chi connectivity index (χ1) is 9.60. The van der Waals surface area contributed by atoms with Crippen molar-refractivity contribution in [3.63, 3.8) is 0 Å². The van der Waals surface area contributed by atoms with Gasteiger partial charge in [-0.2, -0.15) is 0 Å². The van der Waals surface area contributed by atoms with Crippen molar-refractivity contribution in [1.82, 2.24) is 4.98 Å². The third-order valence-electron chi connectivity index (χ3n) is 3.78. The van der Waals surface area contributed by atoms with Crippen molar-refractivity contribution in [2.24, 2.45) is 5.73 Å². The number of carbonyl (C=O) groups is 1. The molecule has 0 spiro atoms. The first kappa shape index (κ1) is 14.8. The van der Waals surface area contributed by atoms with E-state index in [0.717, 1.165) is 37.8 Å². The molecule has 1 aliphatic carbocycles. The Hall–Kier alpha value is -1.62. The van der Waals surface area contributed by atoms with Crippen molar-refractivity contribution < 1.29 is 9.90 Å². The fourth-order valence-corrected chi connectivity index (χ4v) is 2.70. The van der Waals surface area contributed by atoms with Gasteiger partial charge in [0, 0.05) is 17.8 Å². The van der Waals surface area contributed by atoms with Crippen molar-refractivity contribution >= 4 is 11.8 Å². The average molecular weight is 277 g/mol. The number of carboxylic acid groups (broad SMARTS) is 1. The molecule has 0 amide bonds. The summed E-state index contributed by atoms with van der Waals surface area (Å²) in [6.45, 7) is 2.05. The highest BCUT2D eigenvalue weighted by molar-refractivity contribution is 5.88. The normalized spacial score (nSPS) is 22.5. The SMILES string of the molecule is CCCc1cc(C(=O)O)cc(NC2CCCCC2N)n1. The number of rotatable bonds is 5.